The number of likely N-dealkylation sites (N-methyl/N-ethyl adjacent to an activating group) is 1. The molecule has 1 N–H and O–H groups in total. The van der Waals surface area contributed by atoms with Gasteiger partial charge in [-0.2, -0.15) is 0 Å². The van der Waals surface area contributed by atoms with Gasteiger partial charge in [0.15, 0.2) is 0 Å². The van der Waals surface area contributed by atoms with E-state index < -0.39 is 0 Å². The molecule has 0 atom stereocenters. The highest BCUT2D eigenvalue weighted by Gasteiger charge is 2.10. The third-order valence-electron chi connectivity index (χ3n) is 3.31. The van der Waals surface area contributed by atoms with Crippen molar-refractivity contribution in [2.45, 2.75) is 32.1 Å². The van der Waals surface area contributed by atoms with Crippen molar-refractivity contribution < 1.29 is 0 Å². The second-order valence-electron chi connectivity index (χ2n) is 4.73. The van der Waals surface area contributed by atoms with Crippen molar-refractivity contribution >= 4 is 11.3 Å². The molecule has 2 heterocycles. The summed E-state index contributed by atoms with van der Waals surface area (Å²) >= 11 is 1.88. The molecule has 0 aromatic carbocycles. The first kappa shape index (κ1) is 13.0. The number of nitrogens with zero attached hydrogens (tertiary/aromatic N) is 2. The second-order valence-corrected chi connectivity index (χ2v) is 5.93. The fourth-order valence-corrected chi connectivity index (χ4v) is 3.18. The lowest BCUT2D eigenvalue weighted by Crippen LogP contribution is -2.31. The van der Waals surface area contributed by atoms with Crippen LogP contribution in [0.25, 0.3) is 0 Å². The minimum Gasteiger partial charge on any atom is -0.319 e. The quantitative estimate of drug-likeness (QED) is 0.840. The van der Waals surface area contributed by atoms with Gasteiger partial charge in [-0.25, -0.2) is 4.98 Å². The molecule has 4 heteroatoms. The van der Waals surface area contributed by atoms with E-state index in [2.05, 4.69) is 15.2 Å². The maximum atomic E-state index is 4.52. The van der Waals surface area contributed by atoms with Crippen LogP contribution in [0.2, 0.25) is 0 Å². The van der Waals surface area contributed by atoms with Crippen LogP contribution < -0.4 is 5.32 Å². The van der Waals surface area contributed by atoms with Crippen LogP contribution in [-0.4, -0.2) is 43.1 Å². The Bertz CT molecular complexity index is 318. The highest BCUT2D eigenvalue weighted by Crippen LogP contribution is 2.15. The summed E-state index contributed by atoms with van der Waals surface area (Å²) in [6, 6.07) is 0. The fourth-order valence-electron chi connectivity index (χ4n) is 2.26. The molecular formula is C13H23N3S. The number of aromatic nitrogens is 1. The molecule has 96 valence electrons. The Balaban J connectivity index is 1.72. The predicted molar refractivity (Wildman–Crippen MR) is 73.7 cm³/mol. The van der Waals surface area contributed by atoms with Crippen molar-refractivity contribution in [2.24, 2.45) is 0 Å². The zero-order valence-electron chi connectivity index (χ0n) is 10.7. The Morgan fingerprint density at radius 3 is 2.88 bits per heavy atom. The number of piperidine rings is 1. The van der Waals surface area contributed by atoms with E-state index in [9.17, 15) is 0 Å². The van der Waals surface area contributed by atoms with Gasteiger partial charge in [0.25, 0.3) is 0 Å². The van der Waals surface area contributed by atoms with Crippen molar-refractivity contribution in [3.63, 3.8) is 0 Å². The number of thiazole rings is 1. The monoisotopic (exact) mass is 253 g/mol. The van der Waals surface area contributed by atoms with E-state index in [0.29, 0.717) is 0 Å². The molecule has 0 unspecified atom stereocenters. The Morgan fingerprint density at radius 1 is 1.29 bits per heavy atom. The van der Waals surface area contributed by atoms with Crippen molar-refractivity contribution in [1.82, 2.24) is 15.2 Å². The molecule has 17 heavy (non-hydrogen) atoms. The first-order valence-electron chi connectivity index (χ1n) is 6.69. The minimum atomic E-state index is 1.05. The van der Waals surface area contributed by atoms with Gasteiger partial charge >= 0.3 is 0 Å². The smallest absolute Gasteiger partial charge is 0.0940 e. The summed E-state index contributed by atoms with van der Waals surface area (Å²) in [4.78, 5) is 8.51. The standard InChI is InChI=1S/C13H23N3S/c1-14-7-5-12-11-15-13(17-12)6-10-16-8-3-2-4-9-16/h11,14H,2-10H2,1H3. The lowest BCUT2D eigenvalue weighted by Gasteiger charge is -2.25. The van der Waals surface area contributed by atoms with Crippen molar-refractivity contribution in [2.75, 3.05) is 33.2 Å². The number of hydrogen-bond donors (Lipinski definition) is 1. The van der Waals surface area contributed by atoms with Gasteiger partial charge in [-0.05, 0) is 45.9 Å². The van der Waals surface area contributed by atoms with Crippen molar-refractivity contribution in [3.05, 3.63) is 16.1 Å². The molecule has 1 aromatic rings. The van der Waals surface area contributed by atoms with Gasteiger partial charge in [-0.15, -0.1) is 11.3 Å². The van der Waals surface area contributed by atoms with Crippen LogP contribution in [0.5, 0.6) is 0 Å². The van der Waals surface area contributed by atoms with Crippen LogP contribution in [0, 0.1) is 0 Å². The van der Waals surface area contributed by atoms with Gasteiger partial charge in [0, 0.05) is 24.0 Å². The summed E-state index contributed by atoms with van der Waals surface area (Å²) in [7, 11) is 2.00. The summed E-state index contributed by atoms with van der Waals surface area (Å²) in [5.74, 6) is 0. The van der Waals surface area contributed by atoms with Crippen LogP contribution in [0.4, 0.5) is 0 Å². The summed E-state index contributed by atoms with van der Waals surface area (Å²) in [6.07, 6.45) is 8.47. The molecule has 0 bridgehead atoms. The molecular weight excluding hydrogens is 230 g/mol. The minimum absolute atomic E-state index is 1.05. The maximum absolute atomic E-state index is 4.52. The third kappa shape index (κ3) is 4.37. The van der Waals surface area contributed by atoms with Crippen molar-refractivity contribution in [1.29, 1.82) is 0 Å². The lowest BCUT2D eigenvalue weighted by molar-refractivity contribution is 0.231. The fraction of sp³-hybridized carbons (Fsp3) is 0.769. The van der Waals surface area contributed by atoms with Gasteiger partial charge in [0.2, 0.25) is 0 Å². The Kier molecular flexibility index (Phi) is 5.42. The Hall–Kier alpha value is -0.450. The SMILES string of the molecule is CNCCc1cnc(CCN2CCCCC2)s1. The maximum Gasteiger partial charge on any atom is 0.0940 e. The largest absolute Gasteiger partial charge is 0.319 e. The molecule has 1 aliphatic heterocycles. The molecule has 1 aliphatic rings. The molecule has 0 radical (unpaired) electrons. The topological polar surface area (TPSA) is 28.2 Å². The zero-order valence-corrected chi connectivity index (χ0v) is 11.6. The average Bonchev–Trinajstić information content (AvgIpc) is 2.83. The summed E-state index contributed by atoms with van der Waals surface area (Å²) in [5, 5.41) is 4.49. The summed E-state index contributed by atoms with van der Waals surface area (Å²) < 4.78 is 0. The van der Waals surface area contributed by atoms with Crippen molar-refractivity contribution in [3.8, 4) is 0 Å². The first-order valence-corrected chi connectivity index (χ1v) is 7.50. The van der Waals surface area contributed by atoms with E-state index in [1.165, 1.54) is 48.8 Å². The van der Waals surface area contributed by atoms with Gasteiger partial charge < -0.3 is 10.2 Å². The number of nitrogens with one attached hydrogen (secondary N) is 1. The lowest BCUT2D eigenvalue weighted by atomic mass is 10.1. The molecule has 0 spiro atoms. The number of likely N-dealkylation sites (tertiary alicyclic amines) is 1. The van der Waals surface area contributed by atoms with Gasteiger partial charge in [-0.1, -0.05) is 6.42 Å². The first-order chi connectivity index (χ1) is 8.38. The molecule has 1 saturated heterocycles. The van der Waals surface area contributed by atoms with Crippen LogP contribution in [0.3, 0.4) is 0 Å². The molecule has 1 fully saturated rings. The van der Waals surface area contributed by atoms with E-state index in [1.54, 1.807) is 0 Å². The van der Waals surface area contributed by atoms with Crippen LogP contribution in [-0.2, 0) is 12.8 Å². The van der Waals surface area contributed by atoms with E-state index in [1.807, 2.05) is 24.6 Å². The third-order valence-corrected chi connectivity index (χ3v) is 4.43. The molecule has 3 nitrogen and oxygen atoms in total. The van der Waals surface area contributed by atoms with E-state index in [-0.39, 0.29) is 0 Å². The molecule has 0 amide bonds. The Labute approximate surface area is 108 Å². The van der Waals surface area contributed by atoms with Crippen LogP contribution in [0.1, 0.15) is 29.1 Å². The normalized spacial score (nSPS) is 17.5. The van der Waals surface area contributed by atoms with E-state index in [0.717, 1.165) is 19.4 Å². The van der Waals surface area contributed by atoms with Gasteiger partial charge in [-0.3, -0.25) is 0 Å². The number of hydrogen-bond acceptors (Lipinski definition) is 4. The van der Waals surface area contributed by atoms with Gasteiger partial charge in [0.05, 0.1) is 5.01 Å². The summed E-state index contributed by atoms with van der Waals surface area (Å²) in [6.45, 7) is 4.82. The average molecular weight is 253 g/mol. The molecule has 2 rings (SSSR count). The Morgan fingerprint density at radius 2 is 2.12 bits per heavy atom. The zero-order chi connectivity index (χ0) is 11.9. The molecule has 0 aliphatic carbocycles. The highest BCUT2D eigenvalue weighted by molar-refractivity contribution is 7.11. The molecule has 1 aromatic heterocycles. The van der Waals surface area contributed by atoms with E-state index >= 15 is 0 Å². The highest BCUT2D eigenvalue weighted by atomic mass is 32.1. The van der Waals surface area contributed by atoms with E-state index in [4.69, 9.17) is 0 Å². The number of rotatable bonds is 6. The van der Waals surface area contributed by atoms with Crippen LogP contribution in [0.15, 0.2) is 6.20 Å². The summed E-state index contributed by atoms with van der Waals surface area (Å²) in [5.41, 5.74) is 0. The second kappa shape index (κ2) is 7.09. The molecule has 0 saturated carbocycles. The van der Waals surface area contributed by atoms with Crippen LogP contribution >= 0.6 is 11.3 Å². The van der Waals surface area contributed by atoms with Gasteiger partial charge in [0.1, 0.15) is 0 Å². The predicted octanol–water partition coefficient (Wildman–Crippen LogP) is 1.93.